The highest BCUT2D eigenvalue weighted by atomic mass is 16.3. The van der Waals surface area contributed by atoms with Crippen molar-refractivity contribution in [2.75, 3.05) is 13.1 Å². The molecule has 0 radical (unpaired) electrons. The molecule has 0 spiro atoms. The lowest BCUT2D eigenvalue weighted by molar-refractivity contribution is -0.126. The second-order valence-electron chi connectivity index (χ2n) is 6.82. The van der Waals surface area contributed by atoms with Gasteiger partial charge in [0.25, 0.3) is 5.91 Å². The summed E-state index contributed by atoms with van der Waals surface area (Å²) in [4.78, 5) is 26.7. The van der Waals surface area contributed by atoms with E-state index < -0.39 is 0 Å². The van der Waals surface area contributed by atoms with Crippen LogP contribution in [0.25, 0.3) is 0 Å². The molecule has 0 aliphatic carbocycles. The number of nitrogens with one attached hydrogen (secondary N) is 1. The van der Waals surface area contributed by atoms with E-state index in [4.69, 9.17) is 0 Å². The van der Waals surface area contributed by atoms with Gasteiger partial charge in [-0.3, -0.25) is 9.59 Å². The number of hydrogen-bond donors (Lipinski definition) is 2. The van der Waals surface area contributed by atoms with Crippen LogP contribution in [0, 0.1) is 12.8 Å². The number of hydrogen-bond acceptors (Lipinski definition) is 3. The quantitative estimate of drug-likeness (QED) is 0.889. The normalized spacial score (nSPS) is 14.9. The monoisotopic (exact) mass is 352 g/mol. The summed E-state index contributed by atoms with van der Waals surface area (Å²) >= 11 is 0. The van der Waals surface area contributed by atoms with Crippen LogP contribution >= 0.6 is 0 Å². The minimum absolute atomic E-state index is 0.0282. The number of carbonyl (C=O) groups excluding carboxylic acids is 2. The van der Waals surface area contributed by atoms with Gasteiger partial charge in [0.15, 0.2) is 0 Å². The van der Waals surface area contributed by atoms with Crippen LogP contribution in [0.5, 0.6) is 5.75 Å². The molecule has 2 aromatic rings. The first-order valence-corrected chi connectivity index (χ1v) is 8.94. The minimum atomic E-state index is -0.0609. The van der Waals surface area contributed by atoms with Gasteiger partial charge in [-0.15, -0.1) is 0 Å². The van der Waals surface area contributed by atoms with E-state index in [2.05, 4.69) is 5.32 Å². The van der Waals surface area contributed by atoms with E-state index in [9.17, 15) is 14.7 Å². The van der Waals surface area contributed by atoms with Crippen LogP contribution in [-0.2, 0) is 11.3 Å². The lowest BCUT2D eigenvalue weighted by atomic mass is 9.95. The Morgan fingerprint density at radius 2 is 1.65 bits per heavy atom. The summed E-state index contributed by atoms with van der Waals surface area (Å²) in [5, 5.41) is 12.2. The average molecular weight is 352 g/mol. The van der Waals surface area contributed by atoms with E-state index in [0.717, 1.165) is 11.1 Å². The van der Waals surface area contributed by atoms with Crippen LogP contribution in [0.1, 0.15) is 34.3 Å². The van der Waals surface area contributed by atoms with Crippen LogP contribution in [0.2, 0.25) is 0 Å². The maximum Gasteiger partial charge on any atom is 0.253 e. The van der Waals surface area contributed by atoms with E-state index in [1.807, 2.05) is 36.1 Å². The molecule has 136 valence electrons. The highest BCUT2D eigenvalue weighted by Gasteiger charge is 2.27. The third-order valence-electron chi connectivity index (χ3n) is 4.85. The summed E-state index contributed by atoms with van der Waals surface area (Å²) in [7, 11) is 0. The van der Waals surface area contributed by atoms with E-state index in [1.54, 1.807) is 24.3 Å². The van der Waals surface area contributed by atoms with Crippen molar-refractivity contribution in [3.8, 4) is 5.75 Å². The highest BCUT2D eigenvalue weighted by molar-refractivity contribution is 5.94. The van der Waals surface area contributed by atoms with Gasteiger partial charge in [0, 0.05) is 31.1 Å². The lowest BCUT2D eigenvalue weighted by Crippen LogP contribution is -2.42. The Morgan fingerprint density at radius 3 is 2.27 bits per heavy atom. The van der Waals surface area contributed by atoms with Crippen molar-refractivity contribution >= 4 is 11.8 Å². The van der Waals surface area contributed by atoms with Gasteiger partial charge in [-0.25, -0.2) is 0 Å². The molecule has 1 fully saturated rings. The van der Waals surface area contributed by atoms with Gasteiger partial charge in [-0.05, 0) is 49.6 Å². The number of carbonyl (C=O) groups is 2. The first kappa shape index (κ1) is 18.0. The molecule has 1 heterocycles. The Bertz CT molecular complexity index is 761. The van der Waals surface area contributed by atoms with Gasteiger partial charge in [-0.2, -0.15) is 0 Å². The van der Waals surface area contributed by atoms with Gasteiger partial charge in [0.2, 0.25) is 5.91 Å². The predicted octanol–water partition coefficient (Wildman–Crippen LogP) is 2.87. The number of amides is 2. The number of piperidine rings is 1. The number of nitrogens with zero attached hydrogens (tertiary/aromatic N) is 1. The molecule has 0 unspecified atom stereocenters. The van der Waals surface area contributed by atoms with E-state index in [0.29, 0.717) is 38.0 Å². The molecule has 2 aromatic carbocycles. The fourth-order valence-electron chi connectivity index (χ4n) is 3.17. The number of rotatable bonds is 4. The number of phenols is 1. The Labute approximate surface area is 153 Å². The number of phenolic OH excluding ortho intramolecular Hbond substituents is 1. The fourth-order valence-corrected chi connectivity index (χ4v) is 3.17. The van der Waals surface area contributed by atoms with Crippen LogP contribution in [0.3, 0.4) is 0 Å². The van der Waals surface area contributed by atoms with Crippen molar-refractivity contribution in [3.05, 3.63) is 65.2 Å². The summed E-state index contributed by atoms with van der Waals surface area (Å²) in [5.74, 6) is 0.216. The standard InChI is InChI=1S/C21H24N2O3/c1-15-2-6-18(7-3-15)21(26)23-12-10-17(11-13-23)20(25)22-14-16-4-8-19(24)9-5-16/h2-9,17,24H,10-14H2,1H3,(H,22,25). The molecular formula is C21H24N2O3. The van der Waals surface area contributed by atoms with Crippen LogP contribution < -0.4 is 5.32 Å². The van der Waals surface area contributed by atoms with Crippen molar-refractivity contribution in [2.45, 2.75) is 26.3 Å². The predicted molar refractivity (Wildman–Crippen MR) is 99.8 cm³/mol. The molecule has 1 aliphatic heterocycles. The van der Waals surface area contributed by atoms with Crippen LogP contribution in [0.4, 0.5) is 0 Å². The SMILES string of the molecule is Cc1ccc(C(=O)N2CCC(C(=O)NCc3ccc(O)cc3)CC2)cc1. The van der Waals surface area contributed by atoms with Gasteiger partial charge < -0.3 is 15.3 Å². The summed E-state index contributed by atoms with van der Waals surface area (Å²) in [6.45, 7) is 3.64. The second kappa shape index (κ2) is 8.04. The van der Waals surface area contributed by atoms with Crippen molar-refractivity contribution in [1.29, 1.82) is 0 Å². The van der Waals surface area contributed by atoms with E-state index in [1.165, 1.54) is 0 Å². The molecule has 5 nitrogen and oxygen atoms in total. The van der Waals surface area contributed by atoms with Gasteiger partial charge in [0.05, 0.1) is 0 Å². The molecule has 3 rings (SSSR count). The van der Waals surface area contributed by atoms with E-state index >= 15 is 0 Å². The summed E-state index contributed by atoms with van der Waals surface area (Å²) in [5.41, 5.74) is 2.78. The molecule has 0 atom stereocenters. The van der Waals surface area contributed by atoms with Crippen molar-refractivity contribution < 1.29 is 14.7 Å². The number of aryl methyl sites for hydroxylation is 1. The van der Waals surface area contributed by atoms with Gasteiger partial charge >= 0.3 is 0 Å². The zero-order valence-electron chi connectivity index (χ0n) is 14.9. The molecule has 0 bridgehead atoms. The number of aromatic hydroxyl groups is 1. The Hall–Kier alpha value is -2.82. The third-order valence-corrected chi connectivity index (χ3v) is 4.85. The second-order valence-corrected chi connectivity index (χ2v) is 6.82. The Kier molecular flexibility index (Phi) is 5.56. The summed E-state index contributed by atoms with van der Waals surface area (Å²) in [6, 6.07) is 14.4. The van der Waals surface area contributed by atoms with Crippen LogP contribution in [-0.4, -0.2) is 34.9 Å². The molecular weight excluding hydrogens is 328 g/mol. The molecule has 5 heteroatoms. The topological polar surface area (TPSA) is 69.6 Å². The van der Waals surface area contributed by atoms with Crippen molar-refractivity contribution in [1.82, 2.24) is 10.2 Å². The van der Waals surface area contributed by atoms with Crippen LogP contribution in [0.15, 0.2) is 48.5 Å². The molecule has 26 heavy (non-hydrogen) atoms. The molecule has 1 aliphatic rings. The molecule has 0 saturated carbocycles. The van der Waals surface area contributed by atoms with Crippen molar-refractivity contribution in [2.24, 2.45) is 5.92 Å². The lowest BCUT2D eigenvalue weighted by Gasteiger charge is -2.31. The smallest absolute Gasteiger partial charge is 0.253 e. The minimum Gasteiger partial charge on any atom is -0.508 e. The zero-order chi connectivity index (χ0) is 18.5. The number of benzene rings is 2. The third kappa shape index (κ3) is 4.42. The zero-order valence-corrected chi connectivity index (χ0v) is 14.9. The van der Waals surface area contributed by atoms with E-state index in [-0.39, 0.29) is 23.5 Å². The Morgan fingerprint density at radius 1 is 1.04 bits per heavy atom. The van der Waals surface area contributed by atoms with Gasteiger partial charge in [0.1, 0.15) is 5.75 Å². The summed E-state index contributed by atoms with van der Waals surface area (Å²) < 4.78 is 0. The Balaban J connectivity index is 1.48. The van der Waals surface area contributed by atoms with Crippen molar-refractivity contribution in [3.63, 3.8) is 0 Å². The molecule has 1 saturated heterocycles. The first-order valence-electron chi connectivity index (χ1n) is 8.94. The number of likely N-dealkylation sites (tertiary alicyclic amines) is 1. The first-order chi connectivity index (χ1) is 12.5. The average Bonchev–Trinajstić information content (AvgIpc) is 2.67. The molecule has 0 aromatic heterocycles. The molecule has 2 amide bonds. The highest BCUT2D eigenvalue weighted by Crippen LogP contribution is 2.20. The maximum absolute atomic E-state index is 12.5. The summed E-state index contributed by atoms with van der Waals surface area (Å²) in [6.07, 6.45) is 1.36. The molecule has 2 N–H and O–H groups in total. The maximum atomic E-state index is 12.5. The van der Waals surface area contributed by atoms with Gasteiger partial charge in [-0.1, -0.05) is 29.8 Å². The largest absolute Gasteiger partial charge is 0.508 e. The fraction of sp³-hybridized carbons (Fsp3) is 0.333.